The minimum atomic E-state index is -0.419. The molecule has 0 saturated heterocycles. The maximum absolute atomic E-state index is 10.6. The number of nitrogens with zero attached hydrogens (tertiary/aromatic N) is 2. The van der Waals surface area contributed by atoms with E-state index in [1.807, 2.05) is 0 Å². The van der Waals surface area contributed by atoms with E-state index in [-0.39, 0.29) is 5.69 Å². The second kappa shape index (κ2) is 6.85. The zero-order valence-corrected chi connectivity index (χ0v) is 10.3. The van der Waals surface area contributed by atoms with Gasteiger partial charge in [0.15, 0.2) is 0 Å². The van der Waals surface area contributed by atoms with Gasteiger partial charge in [-0.1, -0.05) is 19.9 Å². The summed E-state index contributed by atoms with van der Waals surface area (Å²) < 4.78 is 5.48. The summed E-state index contributed by atoms with van der Waals surface area (Å²) in [5, 5.41) is 10.6. The second-order valence-electron chi connectivity index (χ2n) is 3.63. The molecule has 0 aliphatic heterocycles. The topological polar surface area (TPSA) is 55.6 Å². The number of ether oxygens (including phenoxy) is 1. The molecule has 0 heterocycles. The SMILES string of the molecule is CCN(CC)CCOc1cccc([N+](=O)[O-])c1. The highest BCUT2D eigenvalue weighted by Gasteiger charge is 2.06. The summed E-state index contributed by atoms with van der Waals surface area (Å²) in [6, 6.07) is 6.26. The average molecular weight is 238 g/mol. The third kappa shape index (κ3) is 4.40. The maximum Gasteiger partial charge on any atom is 0.273 e. The molecule has 0 saturated carbocycles. The monoisotopic (exact) mass is 238 g/mol. The van der Waals surface area contributed by atoms with Crippen LogP contribution in [0.25, 0.3) is 0 Å². The summed E-state index contributed by atoms with van der Waals surface area (Å²) in [7, 11) is 0. The molecule has 0 aliphatic rings. The van der Waals surface area contributed by atoms with Crippen molar-refractivity contribution >= 4 is 5.69 Å². The van der Waals surface area contributed by atoms with Crippen molar-refractivity contribution in [2.75, 3.05) is 26.2 Å². The first-order valence-corrected chi connectivity index (χ1v) is 5.77. The summed E-state index contributed by atoms with van der Waals surface area (Å²) in [6.07, 6.45) is 0. The Labute approximate surface area is 101 Å². The van der Waals surface area contributed by atoms with Gasteiger partial charge in [-0.15, -0.1) is 0 Å². The van der Waals surface area contributed by atoms with Crippen LogP contribution in [0.5, 0.6) is 5.75 Å². The molecule has 94 valence electrons. The van der Waals surface area contributed by atoms with E-state index in [2.05, 4.69) is 18.7 Å². The van der Waals surface area contributed by atoms with E-state index >= 15 is 0 Å². The van der Waals surface area contributed by atoms with Crippen LogP contribution in [-0.2, 0) is 0 Å². The van der Waals surface area contributed by atoms with Gasteiger partial charge >= 0.3 is 0 Å². The average Bonchev–Trinajstić information content (AvgIpc) is 2.35. The van der Waals surface area contributed by atoms with E-state index in [4.69, 9.17) is 4.74 Å². The number of likely N-dealkylation sites (N-methyl/N-ethyl adjacent to an activating group) is 1. The molecule has 0 radical (unpaired) electrons. The lowest BCUT2D eigenvalue weighted by atomic mass is 10.3. The van der Waals surface area contributed by atoms with E-state index in [0.29, 0.717) is 12.4 Å². The molecule has 17 heavy (non-hydrogen) atoms. The number of hydrogen-bond donors (Lipinski definition) is 0. The number of non-ortho nitro benzene ring substituents is 1. The lowest BCUT2D eigenvalue weighted by Gasteiger charge is -2.17. The number of hydrogen-bond acceptors (Lipinski definition) is 4. The molecular formula is C12H18N2O3. The molecule has 0 bridgehead atoms. The fourth-order valence-electron chi connectivity index (χ4n) is 1.52. The zero-order chi connectivity index (χ0) is 12.7. The van der Waals surface area contributed by atoms with Crippen LogP contribution in [0.2, 0.25) is 0 Å². The largest absolute Gasteiger partial charge is 0.492 e. The first kappa shape index (κ1) is 13.4. The van der Waals surface area contributed by atoms with Crippen LogP contribution in [0.4, 0.5) is 5.69 Å². The minimum absolute atomic E-state index is 0.0605. The fourth-order valence-corrected chi connectivity index (χ4v) is 1.52. The predicted molar refractivity (Wildman–Crippen MR) is 66.4 cm³/mol. The Morgan fingerprint density at radius 3 is 2.65 bits per heavy atom. The summed E-state index contributed by atoms with van der Waals surface area (Å²) in [5.41, 5.74) is 0.0605. The highest BCUT2D eigenvalue weighted by atomic mass is 16.6. The van der Waals surface area contributed by atoms with Crippen molar-refractivity contribution in [2.24, 2.45) is 0 Å². The van der Waals surface area contributed by atoms with Gasteiger partial charge in [0.25, 0.3) is 5.69 Å². The standard InChI is InChI=1S/C12H18N2O3/c1-3-13(4-2)8-9-17-12-7-5-6-11(10-12)14(15)16/h5-7,10H,3-4,8-9H2,1-2H3. The Morgan fingerprint density at radius 1 is 1.35 bits per heavy atom. The molecule has 0 atom stereocenters. The summed E-state index contributed by atoms with van der Waals surface area (Å²) in [6.45, 7) is 7.52. The van der Waals surface area contributed by atoms with Crippen LogP contribution in [0.3, 0.4) is 0 Å². The smallest absolute Gasteiger partial charge is 0.273 e. The summed E-state index contributed by atoms with van der Waals surface area (Å²) >= 11 is 0. The van der Waals surface area contributed by atoms with E-state index < -0.39 is 4.92 Å². The van der Waals surface area contributed by atoms with Crippen molar-refractivity contribution in [1.29, 1.82) is 0 Å². The second-order valence-corrected chi connectivity index (χ2v) is 3.63. The number of rotatable bonds is 7. The Morgan fingerprint density at radius 2 is 2.06 bits per heavy atom. The Hall–Kier alpha value is -1.62. The predicted octanol–water partition coefficient (Wildman–Crippen LogP) is 2.32. The van der Waals surface area contributed by atoms with Crippen molar-refractivity contribution in [3.63, 3.8) is 0 Å². The van der Waals surface area contributed by atoms with Gasteiger partial charge in [-0.3, -0.25) is 10.1 Å². The highest BCUT2D eigenvalue weighted by molar-refractivity contribution is 5.37. The van der Waals surface area contributed by atoms with Gasteiger partial charge in [-0.05, 0) is 19.2 Å². The van der Waals surface area contributed by atoms with Crippen LogP contribution in [0.15, 0.2) is 24.3 Å². The third-order valence-corrected chi connectivity index (χ3v) is 2.60. The Balaban J connectivity index is 2.46. The lowest BCUT2D eigenvalue weighted by molar-refractivity contribution is -0.384. The Kier molecular flexibility index (Phi) is 5.42. The van der Waals surface area contributed by atoms with Gasteiger partial charge < -0.3 is 9.64 Å². The Bertz CT molecular complexity index is 365. The van der Waals surface area contributed by atoms with Crippen LogP contribution in [0.1, 0.15) is 13.8 Å². The first-order chi connectivity index (χ1) is 8.17. The van der Waals surface area contributed by atoms with Crippen molar-refractivity contribution in [3.8, 4) is 5.75 Å². The first-order valence-electron chi connectivity index (χ1n) is 5.77. The molecule has 5 heteroatoms. The normalized spacial score (nSPS) is 10.5. The van der Waals surface area contributed by atoms with Crippen molar-refractivity contribution in [2.45, 2.75) is 13.8 Å². The van der Waals surface area contributed by atoms with Gasteiger partial charge in [0, 0.05) is 12.6 Å². The molecular weight excluding hydrogens is 220 g/mol. The van der Waals surface area contributed by atoms with Gasteiger partial charge in [0.2, 0.25) is 0 Å². The molecule has 0 unspecified atom stereocenters. The van der Waals surface area contributed by atoms with E-state index in [0.717, 1.165) is 19.6 Å². The zero-order valence-electron chi connectivity index (χ0n) is 10.3. The summed E-state index contributed by atoms with van der Waals surface area (Å²) in [4.78, 5) is 12.4. The van der Waals surface area contributed by atoms with Gasteiger partial charge in [0.05, 0.1) is 11.0 Å². The fraction of sp³-hybridized carbons (Fsp3) is 0.500. The molecule has 1 aromatic carbocycles. The molecule has 5 nitrogen and oxygen atoms in total. The lowest BCUT2D eigenvalue weighted by Crippen LogP contribution is -2.27. The van der Waals surface area contributed by atoms with E-state index in [1.165, 1.54) is 12.1 Å². The van der Waals surface area contributed by atoms with Gasteiger partial charge in [-0.25, -0.2) is 0 Å². The molecule has 1 rings (SSSR count). The molecule has 0 N–H and O–H groups in total. The molecule has 0 aromatic heterocycles. The number of nitro benzene ring substituents is 1. The molecule has 0 fully saturated rings. The van der Waals surface area contributed by atoms with Crippen LogP contribution < -0.4 is 4.74 Å². The van der Waals surface area contributed by atoms with Crippen LogP contribution in [-0.4, -0.2) is 36.1 Å². The molecule has 0 amide bonds. The van der Waals surface area contributed by atoms with Crippen LogP contribution >= 0.6 is 0 Å². The van der Waals surface area contributed by atoms with Gasteiger partial charge in [-0.2, -0.15) is 0 Å². The van der Waals surface area contributed by atoms with Gasteiger partial charge in [0.1, 0.15) is 12.4 Å². The van der Waals surface area contributed by atoms with Crippen molar-refractivity contribution in [1.82, 2.24) is 4.90 Å². The van der Waals surface area contributed by atoms with E-state index in [1.54, 1.807) is 12.1 Å². The summed E-state index contributed by atoms with van der Waals surface area (Å²) in [5.74, 6) is 0.548. The molecule has 0 spiro atoms. The highest BCUT2D eigenvalue weighted by Crippen LogP contribution is 2.18. The maximum atomic E-state index is 10.6. The van der Waals surface area contributed by atoms with Crippen molar-refractivity contribution in [3.05, 3.63) is 34.4 Å². The number of benzene rings is 1. The minimum Gasteiger partial charge on any atom is -0.492 e. The third-order valence-electron chi connectivity index (χ3n) is 2.60. The van der Waals surface area contributed by atoms with E-state index in [9.17, 15) is 10.1 Å². The van der Waals surface area contributed by atoms with Crippen LogP contribution in [0, 0.1) is 10.1 Å². The number of nitro groups is 1. The molecule has 1 aromatic rings. The van der Waals surface area contributed by atoms with Crippen molar-refractivity contribution < 1.29 is 9.66 Å². The quantitative estimate of drug-likeness (QED) is 0.540. The molecule has 0 aliphatic carbocycles.